The van der Waals surface area contributed by atoms with Crippen LogP contribution in [-0.4, -0.2) is 34.9 Å². The lowest BCUT2D eigenvalue weighted by Gasteiger charge is -2.35. The zero-order valence-corrected chi connectivity index (χ0v) is 18.7. The zero-order chi connectivity index (χ0) is 22.3. The Hall–Kier alpha value is -2.58. The van der Waals surface area contributed by atoms with E-state index in [0.717, 1.165) is 19.5 Å². The monoisotopic (exact) mass is 463 g/mol. The number of rotatable bonds is 3. The molecule has 2 aliphatic rings. The van der Waals surface area contributed by atoms with E-state index in [9.17, 15) is 14.4 Å². The van der Waals surface area contributed by atoms with E-state index in [1.165, 1.54) is 6.07 Å². The van der Waals surface area contributed by atoms with E-state index in [1.54, 1.807) is 12.1 Å². The van der Waals surface area contributed by atoms with Crippen molar-refractivity contribution in [3.05, 3.63) is 44.2 Å². The Morgan fingerprint density at radius 2 is 1.90 bits per heavy atom. The molecule has 3 atom stereocenters. The van der Waals surface area contributed by atoms with Crippen LogP contribution in [0.5, 0.6) is 0 Å². The van der Waals surface area contributed by atoms with Gasteiger partial charge in [-0.25, -0.2) is 0 Å². The van der Waals surface area contributed by atoms with Gasteiger partial charge in [0.25, 0.3) is 5.56 Å². The lowest BCUT2D eigenvalue weighted by molar-refractivity contribution is -0.123. The number of H-pyrrole nitrogens is 1. The number of carbonyl (C=O) groups is 2. The summed E-state index contributed by atoms with van der Waals surface area (Å²) in [6.07, 6.45) is 0.940. The molecular formula is C21H23Cl2N5O3. The molecule has 1 aromatic heterocycles. The highest BCUT2D eigenvalue weighted by molar-refractivity contribution is 6.35. The van der Waals surface area contributed by atoms with Crippen LogP contribution < -0.4 is 21.1 Å². The van der Waals surface area contributed by atoms with Gasteiger partial charge in [0, 0.05) is 24.5 Å². The highest BCUT2D eigenvalue weighted by atomic mass is 35.5. The Kier molecular flexibility index (Phi) is 5.94. The van der Waals surface area contributed by atoms with Gasteiger partial charge in [0.15, 0.2) is 0 Å². The summed E-state index contributed by atoms with van der Waals surface area (Å²) in [6, 6.07) is 4.67. The molecule has 1 fully saturated rings. The summed E-state index contributed by atoms with van der Waals surface area (Å²) in [5.41, 5.74) is 0.00401. The number of hydrogen-bond donors (Lipinski definition) is 3. The van der Waals surface area contributed by atoms with Crippen molar-refractivity contribution in [1.82, 2.24) is 9.97 Å². The van der Waals surface area contributed by atoms with Crippen LogP contribution in [0.15, 0.2) is 23.0 Å². The van der Waals surface area contributed by atoms with Crippen LogP contribution in [0, 0.1) is 11.8 Å². The number of nitrogens with one attached hydrogen (secondary N) is 3. The maximum Gasteiger partial charge on any atom is 0.258 e. The third kappa shape index (κ3) is 4.55. The Morgan fingerprint density at radius 1 is 1.19 bits per heavy atom. The zero-order valence-electron chi connectivity index (χ0n) is 17.2. The van der Waals surface area contributed by atoms with Crippen molar-refractivity contribution in [2.24, 2.45) is 11.8 Å². The van der Waals surface area contributed by atoms with Crippen LogP contribution in [0.3, 0.4) is 0 Å². The van der Waals surface area contributed by atoms with Gasteiger partial charge in [-0.2, -0.15) is 4.98 Å². The molecule has 2 aliphatic heterocycles. The van der Waals surface area contributed by atoms with Crippen molar-refractivity contribution in [3.8, 4) is 0 Å². The van der Waals surface area contributed by atoms with Gasteiger partial charge in [0.1, 0.15) is 5.82 Å². The minimum Gasteiger partial charge on any atom is -0.342 e. The van der Waals surface area contributed by atoms with Gasteiger partial charge in [-0.05, 0) is 36.5 Å². The first kappa shape index (κ1) is 21.6. The molecule has 0 bridgehead atoms. The molecule has 3 N–H and O–H groups in total. The summed E-state index contributed by atoms with van der Waals surface area (Å²) < 4.78 is 0. The van der Waals surface area contributed by atoms with Crippen LogP contribution in [-0.2, 0) is 9.59 Å². The fraction of sp³-hybridized carbons (Fsp3) is 0.429. The first-order chi connectivity index (χ1) is 14.7. The second-order valence-corrected chi connectivity index (χ2v) is 9.26. The highest BCUT2D eigenvalue weighted by Crippen LogP contribution is 2.33. The van der Waals surface area contributed by atoms with Gasteiger partial charge in [-0.1, -0.05) is 37.0 Å². The molecule has 4 rings (SSSR count). The number of hydrogen-bond acceptors (Lipinski definition) is 5. The fourth-order valence-electron chi connectivity index (χ4n) is 4.38. The highest BCUT2D eigenvalue weighted by Gasteiger charge is 2.36. The molecule has 0 unspecified atom stereocenters. The second-order valence-electron chi connectivity index (χ2n) is 8.42. The molecule has 1 saturated heterocycles. The Balaban J connectivity index is 1.66. The first-order valence-electron chi connectivity index (χ1n) is 10.2. The SMILES string of the molecule is C[C@@H]1C[C@@H](C)CN(c2nc3c(c(=O)[nH]2)[C@@H](C(=O)Nc2cc(Cl)ccc2Cl)CC(=O)N3)C1. The van der Waals surface area contributed by atoms with Crippen molar-refractivity contribution >= 4 is 52.5 Å². The smallest absolute Gasteiger partial charge is 0.258 e. The first-order valence-corrected chi connectivity index (χ1v) is 10.9. The van der Waals surface area contributed by atoms with E-state index in [-0.39, 0.29) is 23.7 Å². The van der Waals surface area contributed by atoms with E-state index < -0.39 is 17.4 Å². The van der Waals surface area contributed by atoms with Gasteiger partial charge < -0.3 is 15.5 Å². The van der Waals surface area contributed by atoms with Crippen molar-refractivity contribution < 1.29 is 9.59 Å². The number of anilines is 3. The van der Waals surface area contributed by atoms with Crippen LogP contribution in [0.25, 0.3) is 0 Å². The number of amides is 2. The minimum atomic E-state index is -0.997. The van der Waals surface area contributed by atoms with E-state index in [0.29, 0.717) is 33.5 Å². The van der Waals surface area contributed by atoms with Gasteiger partial charge in [-0.3, -0.25) is 19.4 Å². The Morgan fingerprint density at radius 3 is 2.61 bits per heavy atom. The molecule has 0 spiro atoms. The number of aromatic amines is 1. The molecule has 8 nitrogen and oxygen atoms in total. The van der Waals surface area contributed by atoms with Crippen LogP contribution in [0.1, 0.15) is 38.2 Å². The van der Waals surface area contributed by atoms with Crippen LogP contribution in [0.2, 0.25) is 10.0 Å². The fourth-order valence-corrected chi connectivity index (χ4v) is 4.72. The summed E-state index contributed by atoms with van der Waals surface area (Å²) in [5, 5.41) is 6.02. The van der Waals surface area contributed by atoms with Crippen LogP contribution >= 0.6 is 23.2 Å². The maximum absolute atomic E-state index is 13.0. The molecule has 2 amide bonds. The van der Waals surface area contributed by atoms with Crippen molar-refractivity contribution in [1.29, 1.82) is 0 Å². The van der Waals surface area contributed by atoms with E-state index in [1.807, 2.05) is 4.90 Å². The molecule has 3 heterocycles. The van der Waals surface area contributed by atoms with Crippen molar-refractivity contribution in [3.63, 3.8) is 0 Å². The molecule has 1 aromatic carbocycles. The number of carbonyl (C=O) groups excluding carboxylic acids is 2. The Bertz CT molecular complexity index is 1090. The molecular weight excluding hydrogens is 441 g/mol. The summed E-state index contributed by atoms with van der Waals surface area (Å²) in [4.78, 5) is 47.6. The molecule has 2 aromatic rings. The molecule has 31 heavy (non-hydrogen) atoms. The third-order valence-corrected chi connectivity index (χ3v) is 6.17. The molecule has 0 saturated carbocycles. The summed E-state index contributed by atoms with van der Waals surface area (Å²) in [6.45, 7) is 5.83. The van der Waals surface area contributed by atoms with Gasteiger partial charge in [-0.15, -0.1) is 0 Å². The average Bonchev–Trinajstić information content (AvgIpc) is 2.69. The molecule has 10 heteroatoms. The minimum absolute atomic E-state index is 0.123. The summed E-state index contributed by atoms with van der Waals surface area (Å²) >= 11 is 12.1. The maximum atomic E-state index is 13.0. The lowest BCUT2D eigenvalue weighted by Crippen LogP contribution is -2.42. The van der Waals surface area contributed by atoms with E-state index in [2.05, 4.69) is 34.4 Å². The number of piperidine rings is 1. The van der Waals surface area contributed by atoms with Gasteiger partial charge in [0.2, 0.25) is 17.8 Å². The predicted octanol–water partition coefficient (Wildman–Crippen LogP) is 3.62. The number of aromatic nitrogens is 2. The molecule has 0 radical (unpaired) electrons. The predicted molar refractivity (Wildman–Crippen MR) is 121 cm³/mol. The van der Waals surface area contributed by atoms with Gasteiger partial charge >= 0.3 is 0 Å². The van der Waals surface area contributed by atoms with Crippen molar-refractivity contribution in [2.45, 2.75) is 32.6 Å². The Labute approximate surface area is 189 Å². The molecule has 0 aliphatic carbocycles. The largest absolute Gasteiger partial charge is 0.342 e. The normalized spacial score (nSPS) is 23.2. The standard InChI is InChI=1S/C21H23Cl2N5O3/c1-10-5-11(2)9-28(8-10)21-26-18-17(20(31)27-21)13(7-16(29)25-18)19(30)24-15-6-12(22)3-4-14(15)23/h3-4,6,10-11,13H,5,7-9H2,1-2H3,(H,24,30)(H2,25,26,27,29,31)/t10-,11-,13+/m1/s1. The van der Waals surface area contributed by atoms with E-state index >= 15 is 0 Å². The topological polar surface area (TPSA) is 107 Å². The number of benzene rings is 1. The van der Waals surface area contributed by atoms with E-state index in [4.69, 9.17) is 23.2 Å². The number of halogens is 2. The number of nitrogens with zero attached hydrogens (tertiary/aromatic N) is 2. The van der Waals surface area contributed by atoms with Crippen molar-refractivity contribution in [2.75, 3.05) is 28.6 Å². The van der Waals surface area contributed by atoms with Gasteiger partial charge in [0.05, 0.1) is 22.2 Å². The lowest BCUT2D eigenvalue weighted by atomic mass is 9.91. The third-order valence-electron chi connectivity index (χ3n) is 5.61. The quantitative estimate of drug-likeness (QED) is 0.643. The summed E-state index contributed by atoms with van der Waals surface area (Å²) in [7, 11) is 0. The number of fused-ring (bicyclic) bond motifs is 1. The second kappa shape index (κ2) is 8.51. The molecule has 164 valence electrons. The summed E-state index contributed by atoms with van der Waals surface area (Å²) in [5.74, 6) is -0.459. The van der Waals surface area contributed by atoms with Crippen LogP contribution in [0.4, 0.5) is 17.5 Å². The average molecular weight is 464 g/mol.